The van der Waals surface area contributed by atoms with E-state index in [1.165, 1.54) is 11.5 Å². The number of hydrogen-bond donors (Lipinski definition) is 0. The lowest BCUT2D eigenvalue weighted by Gasteiger charge is -2.11. The van der Waals surface area contributed by atoms with Crippen LogP contribution < -0.4 is 5.56 Å². The van der Waals surface area contributed by atoms with Gasteiger partial charge in [-0.3, -0.25) is 8.75 Å². The van der Waals surface area contributed by atoms with Gasteiger partial charge in [0.25, 0.3) is 5.56 Å². The Morgan fingerprint density at radius 2 is 1.93 bits per heavy atom. The third kappa shape index (κ3) is 1.63. The van der Waals surface area contributed by atoms with E-state index >= 15 is 0 Å². The maximum Gasteiger partial charge on any atom is 0.261 e. The molecule has 0 N–H and O–H groups in total. The van der Waals surface area contributed by atoms with Gasteiger partial charge in [0.1, 0.15) is 0 Å². The summed E-state index contributed by atoms with van der Waals surface area (Å²) in [5.74, 6) is 0. The minimum atomic E-state index is 0.0753. The minimum absolute atomic E-state index is 0.0753. The van der Waals surface area contributed by atoms with Crippen molar-refractivity contribution in [2.75, 3.05) is 0 Å². The van der Waals surface area contributed by atoms with E-state index in [-0.39, 0.29) is 11.6 Å². The Hall–Kier alpha value is -1.35. The Morgan fingerprint density at radius 3 is 2.50 bits per heavy atom. The van der Waals surface area contributed by atoms with Gasteiger partial charge in [-0.1, -0.05) is 41.9 Å². The van der Waals surface area contributed by atoms with Crippen molar-refractivity contribution in [3.63, 3.8) is 0 Å². The van der Waals surface area contributed by atoms with Gasteiger partial charge in [-0.05, 0) is 12.5 Å². The van der Waals surface area contributed by atoms with Crippen LogP contribution in [0.2, 0.25) is 0 Å². The summed E-state index contributed by atoms with van der Waals surface area (Å²) >= 11 is 1.46. The van der Waals surface area contributed by atoms with Gasteiger partial charge < -0.3 is 0 Å². The Labute approximate surface area is 86.6 Å². The molecule has 0 fully saturated rings. The molecule has 0 unspecified atom stereocenters. The smallest absolute Gasteiger partial charge is 0.261 e. The van der Waals surface area contributed by atoms with Crippen LogP contribution in [0.15, 0.2) is 46.6 Å². The van der Waals surface area contributed by atoms with Gasteiger partial charge in [0.2, 0.25) is 0 Å². The van der Waals surface area contributed by atoms with E-state index in [0.29, 0.717) is 0 Å². The van der Waals surface area contributed by atoms with Crippen LogP contribution >= 0.6 is 11.5 Å². The Bertz CT molecular complexity index is 457. The standard InChI is InChI=1S/C11H11NOS/c1-9(10-5-3-2-4-6-10)12-11(13)7-8-14-12/h2-9H,1H3/t9-/m1/s1. The van der Waals surface area contributed by atoms with Crippen molar-refractivity contribution in [1.29, 1.82) is 0 Å². The van der Waals surface area contributed by atoms with E-state index in [1.54, 1.807) is 10.0 Å². The Kier molecular flexibility index (Phi) is 2.50. The van der Waals surface area contributed by atoms with Crippen molar-refractivity contribution in [1.82, 2.24) is 3.96 Å². The number of nitrogens with zero attached hydrogens (tertiary/aromatic N) is 1. The second kappa shape index (κ2) is 3.80. The molecule has 0 aliphatic heterocycles. The quantitative estimate of drug-likeness (QED) is 0.738. The van der Waals surface area contributed by atoms with Crippen molar-refractivity contribution in [3.05, 3.63) is 57.7 Å². The summed E-state index contributed by atoms with van der Waals surface area (Å²) in [5.41, 5.74) is 1.24. The molecule has 0 aliphatic carbocycles. The summed E-state index contributed by atoms with van der Waals surface area (Å²) < 4.78 is 1.77. The molecule has 1 heterocycles. The first-order chi connectivity index (χ1) is 6.79. The first-order valence-electron chi connectivity index (χ1n) is 4.50. The Morgan fingerprint density at radius 1 is 1.21 bits per heavy atom. The highest BCUT2D eigenvalue weighted by atomic mass is 32.1. The van der Waals surface area contributed by atoms with Crippen LogP contribution in [-0.2, 0) is 0 Å². The lowest BCUT2D eigenvalue weighted by Crippen LogP contribution is -2.16. The summed E-state index contributed by atoms with van der Waals surface area (Å²) in [5, 5.41) is 1.82. The van der Waals surface area contributed by atoms with Crippen molar-refractivity contribution >= 4 is 11.5 Å². The normalized spacial score (nSPS) is 12.6. The third-order valence-corrected chi connectivity index (χ3v) is 3.22. The summed E-state index contributed by atoms with van der Waals surface area (Å²) in [4.78, 5) is 11.4. The fourth-order valence-corrected chi connectivity index (χ4v) is 2.21. The summed E-state index contributed by atoms with van der Waals surface area (Å²) in [7, 11) is 0. The number of hydrogen-bond acceptors (Lipinski definition) is 2. The maximum atomic E-state index is 11.4. The molecule has 2 rings (SSSR count). The topological polar surface area (TPSA) is 22.0 Å². The molecule has 0 radical (unpaired) electrons. The number of benzene rings is 1. The molecule has 1 atom stereocenters. The minimum Gasteiger partial charge on any atom is -0.268 e. The summed E-state index contributed by atoms with van der Waals surface area (Å²) in [6.07, 6.45) is 0. The summed E-state index contributed by atoms with van der Waals surface area (Å²) in [6.45, 7) is 2.03. The van der Waals surface area contributed by atoms with Crippen molar-refractivity contribution in [2.24, 2.45) is 0 Å². The van der Waals surface area contributed by atoms with Gasteiger partial charge in [-0.2, -0.15) is 0 Å². The average molecular weight is 205 g/mol. The van der Waals surface area contributed by atoms with Gasteiger partial charge in [0, 0.05) is 11.4 Å². The van der Waals surface area contributed by atoms with Gasteiger partial charge in [0.05, 0.1) is 6.04 Å². The largest absolute Gasteiger partial charge is 0.268 e. The highest BCUT2D eigenvalue weighted by Gasteiger charge is 2.08. The molecule has 14 heavy (non-hydrogen) atoms. The highest BCUT2D eigenvalue weighted by Crippen LogP contribution is 2.17. The fourth-order valence-electron chi connectivity index (χ4n) is 1.43. The summed E-state index contributed by atoms with van der Waals surface area (Å²) in [6, 6.07) is 11.8. The van der Waals surface area contributed by atoms with Crippen LogP contribution in [0.25, 0.3) is 0 Å². The Balaban J connectivity index is 2.39. The second-order valence-corrected chi connectivity index (χ2v) is 4.04. The molecule has 0 bridgehead atoms. The van der Waals surface area contributed by atoms with Crippen LogP contribution in [0.5, 0.6) is 0 Å². The van der Waals surface area contributed by atoms with E-state index in [1.807, 2.05) is 42.6 Å². The SMILES string of the molecule is C[C@H](c1ccccc1)n1sccc1=O. The van der Waals surface area contributed by atoms with Crippen molar-refractivity contribution < 1.29 is 0 Å². The predicted molar refractivity (Wildman–Crippen MR) is 58.8 cm³/mol. The predicted octanol–water partition coefficient (Wildman–Crippen LogP) is 2.52. The molecular weight excluding hydrogens is 194 g/mol. The van der Waals surface area contributed by atoms with Crippen LogP contribution in [0.1, 0.15) is 18.5 Å². The molecule has 0 saturated carbocycles. The molecule has 0 amide bonds. The van der Waals surface area contributed by atoms with Crippen molar-refractivity contribution in [2.45, 2.75) is 13.0 Å². The lowest BCUT2D eigenvalue weighted by atomic mass is 10.1. The van der Waals surface area contributed by atoms with Crippen LogP contribution in [0.3, 0.4) is 0 Å². The van der Waals surface area contributed by atoms with E-state index < -0.39 is 0 Å². The zero-order chi connectivity index (χ0) is 9.97. The van der Waals surface area contributed by atoms with Gasteiger partial charge >= 0.3 is 0 Å². The van der Waals surface area contributed by atoms with E-state index in [0.717, 1.165) is 5.56 Å². The third-order valence-electron chi connectivity index (χ3n) is 2.24. The first kappa shape index (κ1) is 9.21. The van der Waals surface area contributed by atoms with Gasteiger partial charge in [-0.25, -0.2) is 0 Å². The van der Waals surface area contributed by atoms with Gasteiger partial charge in [-0.15, -0.1) is 0 Å². The molecule has 3 heteroatoms. The highest BCUT2D eigenvalue weighted by molar-refractivity contribution is 7.04. The molecule has 1 aromatic carbocycles. The molecule has 0 spiro atoms. The second-order valence-electron chi connectivity index (χ2n) is 3.16. The molecule has 0 saturated heterocycles. The van der Waals surface area contributed by atoms with E-state index in [2.05, 4.69) is 0 Å². The fraction of sp³-hybridized carbons (Fsp3) is 0.182. The molecule has 2 aromatic rings. The van der Waals surface area contributed by atoms with E-state index in [4.69, 9.17) is 0 Å². The zero-order valence-corrected chi connectivity index (χ0v) is 8.70. The first-order valence-corrected chi connectivity index (χ1v) is 5.34. The lowest BCUT2D eigenvalue weighted by molar-refractivity contribution is 0.675. The number of rotatable bonds is 2. The zero-order valence-electron chi connectivity index (χ0n) is 7.88. The van der Waals surface area contributed by atoms with Crippen LogP contribution in [0.4, 0.5) is 0 Å². The maximum absolute atomic E-state index is 11.4. The monoisotopic (exact) mass is 205 g/mol. The van der Waals surface area contributed by atoms with Crippen molar-refractivity contribution in [3.8, 4) is 0 Å². The molecule has 72 valence electrons. The van der Waals surface area contributed by atoms with E-state index in [9.17, 15) is 4.79 Å². The van der Waals surface area contributed by atoms with Crippen LogP contribution in [0, 0.1) is 0 Å². The average Bonchev–Trinajstić information content (AvgIpc) is 2.65. The molecule has 1 aromatic heterocycles. The number of aromatic nitrogens is 1. The van der Waals surface area contributed by atoms with Gasteiger partial charge in [0.15, 0.2) is 0 Å². The molecule has 0 aliphatic rings. The van der Waals surface area contributed by atoms with Crippen LogP contribution in [-0.4, -0.2) is 3.96 Å². The molecular formula is C11H11NOS. The molecule has 2 nitrogen and oxygen atoms in total.